The van der Waals surface area contributed by atoms with Crippen LogP contribution < -0.4 is 10.5 Å². The summed E-state index contributed by atoms with van der Waals surface area (Å²) >= 11 is 0. The molecule has 0 aliphatic carbocycles. The van der Waals surface area contributed by atoms with E-state index in [2.05, 4.69) is 14.9 Å². The molecule has 21 heavy (non-hydrogen) atoms. The average molecular weight is 320 g/mol. The Kier molecular flexibility index (Phi) is 3.92. The van der Waals surface area contributed by atoms with Crippen LogP contribution in [0.5, 0.6) is 0 Å². The second-order valence-electron chi connectivity index (χ2n) is 4.11. The fourth-order valence-corrected chi connectivity index (χ4v) is 2.64. The number of nitrogens with two attached hydrogens (primary N) is 1. The van der Waals surface area contributed by atoms with Gasteiger partial charge in [0, 0.05) is 18.4 Å². The number of anilines is 1. The molecule has 0 unspecified atom stereocenters. The lowest BCUT2D eigenvalue weighted by atomic mass is 10.1. The van der Waals surface area contributed by atoms with Crippen LogP contribution in [0.2, 0.25) is 0 Å². The van der Waals surface area contributed by atoms with Crippen LogP contribution in [0.25, 0.3) is 0 Å². The third kappa shape index (κ3) is 3.34. The van der Waals surface area contributed by atoms with Crippen molar-refractivity contribution in [2.24, 2.45) is 5.73 Å². The topological polar surface area (TPSA) is 101 Å². The number of halogens is 3. The van der Waals surface area contributed by atoms with Crippen molar-refractivity contribution in [3.05, 3.63) is 41.7 Å². The van der Waals surface area contributed by atoms with Gasteiger partial charge in [-0.05, 0) is 17.7 Å². The van der Waals surface area contributed by atoms with Gasteiger partial charge in [0.25, 0.3) is 10.0 Å². The predicted octanol–water partition coefficient (Wildman–Crippen LogP) is 1.69. The maximum atomic E-state index is 12.9. The lowest BCUT2D eigenvalue weighted by Gasteiger charge is -2.14. The van der Waals surface area contributed by atoms with Gasteiger partial charge >= 0.3 is 6.18 Å². The van der Waals surface area contributed by atoms with Gasteiger partial charge in [0.1, 0.15) is 4.90 Å². The molecule has 0 fully saturated rings. The van der Waals surface area contributed by atoms with Gasteiger partial charge in [-0.25, -0.2) is 8.42 Å². The molecule has 0 bridgehead atoms. The van der Waals surface area contributed by atoms with Crippen molar-refractivity contribution in [1.82, 2.24) is 10.2 Å². The highest BCUT2D eigenvalue weighted by Crippen LogP contribution is 2.34. The minimum Gasteiger partial charge on any atom is -0.326 e. The number of nitrogens with zero attached hydrogens (tertiary/aromatic N) is 1. The molecule has 0 saturated carbocycles. The van der Waals surface area contributed by atoms with Crippen LogP contribution in [-0.4, -0.2) is 18.6 Å². The quantitative estimate of drug-likeness (QED) is 0.798. The van der Waals surface area contributed by atoms with Crippen molar-refractivity contribution in [1.29, 1.82) is 0 Å². The molecule has 0 aliphatic rings. The highest BCUT2D eigenvalue weighted by molar-refractivity contribution is 7.92. The van der Waals surface area contributed by atoms with Crippen molar-refractivity contribution in [3.63, 3.8) is 0 Å². The largest absolute Gasteiger partial charge is 0.416 e. The molecule has 1 aromatic heterocycles. The van der Waals surface area contributed by atoms with Crippen molar-refractivity contribution in [2.75, 3.05) is 4.72 Å². The van der Waals surface area contributed by atoms with Crippen molar-refractivity contribution in [3.8, 4) is 0 Å². The van der Waals surface area contributed by atoms with E-state index >= 15 is 0 Å². The Balaban J connectivity index is 2.38. The van der Waals surface area contributed by atoms with Crippen LogP contribution in [0.1, 0.15) is 11.1 Å². The fourth-order valence-electron chi connectivity index (χ4n) is 1.68. The Bertz CT molecular complexity index is 726. The number of rotatable bonds is 4. The summed E-state index contributed by atoms with van der Waals surface area (Å²) in [6.45, 7) is -0.302. The second-order valence-corrected chi connectivity index (χ2v) is 5.80. The summed E-state index contributed by atoms with van der Waals surface area (Å²) in [4.78, 5) is -0.182. The van der Waals surface area contributed by atoms with Crippen molar-refractivity contribution >= 4 is 15.7 Å². The van der Waals surface area contributed by atoms with E-state index in [4.69, 9.17) is 5.73 Å². The molecule has 1 aromatic carbocycles. The maximum Gasteiger partial charge on any atom is 0.416 e. The standard InChI is InChI=1S/C11H11F3N4O2S/c12-11(13,14)10-3-8(2-1-7(10)4-15)18-21(19,20)9-5-16-17-6-9/h1-3,5-6,18H,4,15H2,(H,16,17). The number of nitrogens with one attached hydrogen (secondary N) is 2. The Hall–Kier alpha value is -2.07. The lowest BCUT2D eigenvalue weighted by molar-refractivity contribution is -0.138. The normalized spacial score (nSPS) is 12.4. The molecule has 0 aliphatic heterocycles. The van der Waals surface area contributed by atoms with E-state index in [9.17, 15) is 21.6 Å². The number of aromatic amines is 1. The summed E-state index contributed by atoms with van der Waals surface area (Å²) < 4.78 is 64.5. The number of alkyl halides is 3. The van der Waals surface area contributed by atoms with Gasteiger partial charge in [-0.2, -0.15) is 18.3 Å². The van der Waals surface area contributed by atoms with Crippen LogP contribution in [0.15, 0.2) is 35.5 Å². The summed E-state index contributed by atoms with van der Waals surface area (Å²) in [6, 6.07) is 3.06. The Morgan fingerprint density at radius 1 is 1.33 bits per heavy atom. The van der Waals surface area contributed by atoms with E-state index in [1.54, 1.807) is 0 Å². The van der Waals surface area contributed by atoms with Crippen LogP contribution >= 0.6 is 0 Å². The first kappa shape index (κ1) is 15.3. The highest BCUT2D eigenvalue weighted by atomic mass is 32.2. The maximum absolute atomic E-state index is 12.9. The van der Waals surface area contributed by atoms with E-state index in [-0.39, 0.29) is 22.7 Å². The van der Waals surface area contributed by atoms with Gasteiger partial charge in [0.05, 0.1) is 11.8 Å². The zero-order chi connectivity index (χ0) is 15.7. The number of H-pyrrole nitrogens is 1. The number of aromatic nitrogens is 2. The van der Waals surface area contributed by atoms with Crippen LogP contribution in [-0.2, 0) is 22.7 Å². The number of hydrogen-bond acceptors (Lipinski definition) is 4. The van der Waals surface area contributed by atoms with Crippen molar-refractivity contribution < 1.29 is 21.6 Å². The monoisotopic (exact) mass is 320 g/mol. The SMILES string of the molecule is NCc1ccc(NS(=O)(=O)c2cn[nH]c2)cc1C(F)(F)F. The molecule has 2 rings (SSSR count). The Morgan fingerprint density at radius 2 is 2.05 bits per heavy atom. The zero-order valence-corrected chi connectivity index (χ0v) is 11.3. The van der Waals surface area contributed by atoms with Gasteiger partial charge in [-0.1, -0.05) is 6.07 Å². The van der Waals surface area contributed by atoms with Crippen LogP contribution in [0, 0.1) is 0 Å². The zero-order valence-electron chi connectivity index (χ0n) is 10.5. The van der Waals surface area contributed by atoms with Crippen molar-refractivity contribution in [2.45, 2.75) is 17.6 Å². The van der Waals surface area contributed by atoms with Crippen LogP contribution in [0.3, 0.4) is 0 Å². The number of benzene rings is 1. The predicted molar refractivity (Wildman–Crippen MR) is 68.7 cm³/mol. The molecule has 0 radical (unpaired) electrons. The number of sulfonamides is 1. The first-order valence-corrected chi connectivity index (χ1v) is 7.14. The molecule has 0 amide bonds. The van der Waals surface area contributed by atoms with E-state index in [1.807, 2.05) is 0 Å². The molecular weight excluding hydrogens is 309 g/mol. The molecule has 0 atom stereocenters. The Morgan fingerprint density at radius 3 is 2.57 bits per heavy atom. The number of hydrogen-bond donors (Lipinski definition) is 3. The molecule has 1 heterocycles. The van der Waals surface area contributed by atoms with E-state index < -0.39 is 21.8 Å². The van der Waals surface area contributed by atoms with E-state index in [1.165, 1.54) is 6.07 Å². The molecular formula is C11H11F3N4O2S. The summed E-state index contributed by atoms with van der Waals surface area (Å²) in [5.41, 5.74) is 3.95. The Labute approximate surface area is 118 Å². The average Bonchev–Trinajstić information content (AvgIpc) is 2.92. The molecule has 10 heteroatoms. The second kappa shape index (κ2) is 5.37. The summed E-state index contributed by atoms with van der Waals surface area (Å²) in [5.74, 6) is 0. The first-order valence-electron chi connectivity index (χ1n) is 5.66. The fraction of sp³-hybridized carbons (Fsp3) is 0.182. The smallest absolute Gasteiger partial charge is 0.326 e. The molecule has 0 saturated heterocycles. The van der Waals surface area contributed by atoms with Gasteiger partial charge in [0.2, 0.25) is 0 Å². The third-order valence-corrected chi connectivity index (χ3v) is 4.02. The summed E-state index contributed by atoms with van der Waals surface area (Å²) in [7, 11) is -3.99. The summed E-state index contributed by atoms with van der Waals surface area (Å²) in [6.07, 6.45) is -2.46. The van der Waals surface area contributed by atoms with Gasteiger partial charge in [-0.3, -0.25) is 9.82 Å². The van der Waals surface area contributed by atoms with Crippen LogP contribution in [0.4, 0.5) is 18.9 Å². The highest BCUT2D eigenvalue weighted by Gasteiger charge is 2.33. The third-order valence-electron chi connectivity index (χ3n) is 2.67. The lowest BCUT2D eigenvalue weighted by Crippen LogP contribution is -2.15. The minimum atomic E-state index is -4.62. The van der Waals surface area contributed by atoms with Gasteiger partial charge in [-0.15, -0.1) is 0 Å². The first-order chi connectivity index (χ1) is 9.74. The van der Waals surface area contributed by atoms with E-state index in [0.717, 1.165) is 18.5 Å². The van der Waals surface area contributed by atoms with Gasteiger partial charge < -0.3 is 5.73 Å². The summed E-state index contributed by atoms with van der Waals surface area (Å²) in [5, 5.41) is 5.78. The molecule has 4 N–H and O–H groups in total. The molecule has 0 spiro atoms. The minimum absolute atomic E-state index is 0.117. The molecule has 114 valence electrons. The van der Waals surface area contributed by atoms with E-state index in [0.29, 0.717) is 6.07 Å². The molecule has 2 aromatic rings. The molecule has 6 nitrogen and oxygen atoms in total. The van der Waals surface area contributed by atoms with Gasteiger partial charge in [0.15, 0.2) is 0 Å².